The van der Waals surface area contributed by atoms with Crippen LogP contribution in [0.15, 0.2) is 12.1 Å². The molecule has 3 nitrogen and oxygen atoms in total. The quantitative estimate of drug-likeness (QED) is 0.578. The molecule has 5 N–H and O–H groups in total. The zero-order valence-corrected chi connectivity index (χ0v) is 11.9. The first-order valence-corrected chi connectivity index (χ1v) is 7.34. The number of nitrogens with two attached hydrogens (primary N) is 2. The van der Waals surface area contributed by atoms with Gasteiger partial charge in [0.1, 0.15) is 0 Å². The highest BCUT2D eigenvalue weighted by molar-refractivity contribution is 6.31. The van der Waals surface area contributed by atoms with E-state index >= 15 is 0 Å². The van der Waals surface area contributed by atoms with Crippen LogP contribution < -0.4 is 11.5 Å². The van der Waals surface area contributed by atoms with Crippen LogP contribution in [-0.4, -0.2) is 6.21 Å². The Kier molecular flexibility index (Phi) is 4.83. The highest BCUT2D eigenvalue weighted by Gasteiger charge is 2.20. The summed E-state index contributed by atoms with van der Waals surface area (Å²) >= 11 is 6.06. The Morgan fingerprint density at radius 2 is 2.00 bits per heavy atom. The van der Waals surface area contributed by atoms with Gasteiger partial charge >= 0.3 is 0 Å². The van der Waals surface area contributed by atoms with Crippen LogP contribution in [0.4, 0.5) is 5.69 Å². The van der Waals surface area contributed by atoms with Gasteiger partial charge in [-0.05, 0) is 30.0 Å². The van der Waals surface area contributed by atoms with Crippen molar-refractivity contribution in [2.45, 2.75) is 44.6 Å². The molecule has 0 aliphatic heterocycles. The van der Waals surface area contributed by atoms with E-state index in [-0.39, 0.29) is 6.04 Å². The van der Waals surface area contributed by atoms with Crippen molar-refractivity contribution in [3.05, 3.63) is 28.3 Å². The maximum Gasteiger partial charge on any atom is 0.0430 e. The molecule has 0 amide bonds. The zero-order chi connectivity index (χ0) is 13.8. The molecule has 1 atom stereocenters. The van der Waals surface area contributed by atoms with E-state index < -0.39 is 0 Å². The lowest BCUT2D eigenvalue weighted by atomic mass is 9.83. The first-order chi connectivity index (χ1) is 9.11. The monoisotopic (exact) mass is 279 g/mol. The fourth-order valence-corrected chi connectivity index (χ4v) is 3.28. The molecule has 1 unspecified atom stereocenters. The Bertz CT molecular complexity index is 453. The van der Waals surface area contributed by atoms with Gasteiger partial charge in [-0.1, -0.05) is 43.7 Å². The number of nitrogen functional groups attached to an aromatic ring is 1. The minimum absolute atomic E-state index is 0.0827. The van der Waals surface area contributed by atoms with Crippen molar-refractivity contribution in [2.24, 2.45) is 11.7 Å². The van der Waals surface area contributed by atoms with Gasteiger partial charge in [0, 0.05) is 28.5 Å². The maximum absolute atomic E-state index is 7.51. The lowest BCUT2D eigenvalue weighted by Gasteiger charge is -2.25. The molecule has 1 aliphatic carbocycles. The van der Waals surface area contributed by atoms with Crippen molar-refractivity contribution in [3.63, 3.8) is 0 Å². The SMILES string of the molecule is N=Cc1c(N)cc(Cl)cc1C(N)CC1CCCCC1. The van der Waals surface area contributed by atoms with Crippen molar-refractivity contribution in [1.29, 1.82) is 5.41 Å². The molecular formula is C15H22ClN3. The van der Waals surface area contributed by atoms with Crippen LogP contribution in [0.5, 0.6) is 0 Å². The van der Waals surface area contributed by atoms with Crippen molar-refractivity contribution in [3.8, 4) is 0 Å². The second-order valence-corrected chi connectivity index (χ2v) is 5.92. The summed E-state index contributed by atoms with van der Waals surface area (Å²) in [6.45, 7) is 0. The number of nitrogens with one attached hydrogen (secondary N) is 1. The van der Waals surface area contributed by atoms with E-state index in [2.05, 4.69) is 0 Å². The van der Waals surface area contributed by atoms with E-state index in [9.17, 15) is 0 Å². The Morgan fingerprint density at radius 1 is 1.32 bits per heavy atom. The molecule has 0 aromatic heterocycles. The van der Waals surface area contributed by atoms with Crippen LogP contribution in [0.2, 0.25) is 5.02 Å². The molecule has 1 saturated carbocycles. The molecule has 0 spiro atoms. The van der Waals surface area contributed by atoms with Gasteiger partial charge in [-0.25, -0.2) is 0 Å². The summed E-state index contributed by atoms with van der Waals surface area (Å²) in [4.78, 5) is 0. The Labute approximate surface area is 119 Å². The van der Waals surface area contributed by atoms with E-state index in [1.807, 2.05) is 6.07 Å². The largest absolute Gasteiger partial charge is 0.398 e. The van der Waals surface area contributed by atoms with Crippen LogP contribution in [0.3, 0.4) is 0 Å². The van der Waals surface area contributed by atoms with Crippen LogP contribution in [0.1, 0.15) is 55.7 Å². The fraction of sp³-hybridized carbons (Fsp3) is 0.533. The molecule has 19 heavy (non-hydrogen) atoms. The number of benzene rings is 1. The van der Waals surface area contributed by atoms with Crippen molar-refractivity contribution < 1.29 is 0 Å². The number of rotatable bonds is 4. The third kappa shape index (κ3) is 3.48. The van der Waals surface area contributed by atoms with E-state index in [1.54, 1.807) is 6.07 Å². The normalized spacial score (nSPS) is 18.2. The Hall–Kier alpha value is -1.06. The number of hydrogen-bond acceptors (Lipinski definition) is 3. The molecule has 0 bridgehead atoms. The fourth-order valence-electron chi connectivity index (χ4n) is 3.04. The zero-order valence-electron chi connectivity index (χ0n) is 11.2. The Morgan fingerprint density at radius 3 is 2.63 bits per heavy atom. The smallest absolute Gasteiger partial charge is 0.0430 e. The first kappa shape index (κ1) is 14.4. The lowest BCUT2D eigenvalue weighted by molar-refractivity contribution is 0.319. The van der Waals surface area contributed by atoms with Crippen molar-refractivity contribution in [2.75, 3.05) is 5.73 Å². The summed E-state index contributed by atoms with van der Waals surface area (Å²) in [7, 11) is 0. The van der Waals surface area contributed by atoms with Crippen LogP contribution in [-0.2, 0) is 0 Å². The predicted octanol–water partition coefficient (Wildman–Crippen LogP) is 3.89. The van der Waals surface area contributed by atoms with E-state index in [4.69, 9.17) is 28.5 Å². The van der Waals surface area contributed by atoms with Gasteiger partial charge < -0.3 is 16.9 Å². The molecule has 1 aliphatic rings. The molecule has 104 valence electrons. The second-order valence-electron chi connectivity index (χ2n) is 5.49. The summed E-state index contributed by atoms with van der Waals surface area (Å²) < 4.78 is 0. The summed E-state index contributed by atoms with van der Waals surface area (Å²) in [6, 6.07) is 3.45. The Balaban J connectivity index is 2.17. The number of halogens is 1. The van der Waals surface area contributed by atoms with Gasteiger partial charge in [0.05, 0.1) is 0 Å². The standard InChI is InChI=1S/C15H22ClN3/c16-11-7-12(13(9-17)15(19)8-11)14(18)6-10-4-2-1-3-5-10/h7-10,14,17H,1-6,18-19H2. The molecule has 4 heteroatoms. The molecular weight excluding hydrogens is 258 g/mol. The summed E-state index contributed by atoms with van der Waals surface area (Å²) in [5.41, 5.74) is 14.4. The molecule has 2 rings (SSSR count). The highest BCUT2D eigenvalue weighted by atomic mass is 35.5. The van der Waals surface area contributed by atoms with Crippen molar-refractivity contribution >= 4 is 23.5 Å². The van der Waals surface area contributed by atoms with E-state index in [0.717, 1.165) is 12.0 Å². The average Bonchev–Trinajstić information content (AvgIpc) is 2.39. The molecule has 0 heterocycles. The first-order valence-electron chi connectivity index (χ1n) is 6.96. The number of anilines is 1. The van der Waals surface area contributed by atoms with Gasteiger partial charge in [0.15, 0.2) is 0 Å². The molecule has 1 aromatic rings. The van der Waals surface area contributed by atoms with Gasteiger partial charge in [-0.3, -0.25) is 0 Å². The number of hydrogen-bond donors (Lipinski definition) is 3. The van der Waals surface area contributed by atoms with Crippen LogP contribution >= 0.6 is 11.6 Å². The van der Waals surface area contributed by atoms with Gasteiger partial charge in [0.25, 0.3) is 0 Å². The maximum atomic E-state index is 7.51. The van der Waals surface area contributed by atoms with Gasteiger partial charge in [-0.2, -0.15) is 0 Å². The third-order valence-electron chi connectivity index (χ3n) is 4.06. The minimum Gasteiger partial charge on any atom is -0.398 e. The predicted molar refractivity (Wildman–Crippen MR) is 81.9 cm³/mol. The second kappa shape index (κ2) is 6.40. The minimum atomic E-state index is -0.0827. The van der Waals surface area contributed by atoms with Gasteiger partial charge in [0.2, 0.25) is 0 Å². The molecule has 1 aromatic carbocycles. The topological polar surface area (TPSA) is 75.9 Å². The van der Waals surface area contributed by atoms with Crippen LogP contribution in [0.25, 0.3) is 0 Å². The third-order valence-corrected chi connectivity index (χ3v) is 4.28. The molecule has 0 saturated heterocycles. The lowest BCUT2D eigenvalue weighted by Crippen LogP contribution is -2.19. The van der Waals surface area contributed by atoms with Gasteiger partial charge in [-0.15, -0.1) is 0 Å². The van der Waals surface area contributed by atoms with Crippen molar-refractivity contribution in [1.82, 2.24) is 0 Å². The summed E-state index contributed by atoms with van der Waals surface area (Å²) in [6.07, 6.45) is 8.75. The molecule has 1 fully saturated rings. The summed E-state index contributed by atoms with van der Waals surface area (Å²) in [5, 5.41) is 8.10. The van der Waals surface area contributed by atoms with E-state index in [1.165, 1.54) is 38.3 Å². The van der Waals surface area contributed by atoms with E-state index in [0.29, 0.717) is 22.2 Å². The average molecular weight is 280 g/mol. The van der Waals surface area contributed by atoms with Crippen LogP contribution in [0, 0.1) is 11.3 Å². The summed E-state index contributed by atoms with van der Waals surface area (Å²) in [5.74, 6) is 0.697. The highest BCUT2D eigenvalue weighted by Crippen LogP contribution is 2.33. The molecule has 0 radical (unpaired) electrons.